The van der Waals surface area contributed by atoms with Gasteiger partial charge in [0.05, 0.1) is 6.04 Å². The van der Waals surface area contributed by atoms with E-state index in [1.54, 1.807) is 7.05 Å². The van der Waals surface area contributed by atoms with Gasteiger partial charge in [-0.05, 0) is 13.0 Å². The van der Waals surface area contributed by atoms with Crippen LogP contribution in [0.2, 0.25) is 0 Å². The van der Waals surface area contributed by atoms with Gasteiger partial charge < -0.3 is 5.32 Å². The first kappa shape index (κ1) is 10.3. The monoisotopic (exact) mass is 185 g/mol. The third kappa shape index (κ3) is 2.86. The molecule has 0 radical (unpaired) electrons. The number of rotatable bonds is 3. The molecule has 0 amide bonds. The summed E-state index contributed by atoms with van der Waals surface area (Å²) in [6.45, 7) is 5.57. The van der Waals surface area contributed by atoms with E-state index in [4.69, 9.17) is 5.84 Å². The third-order valence-electron chi connectivity index (χ3n) is 2.20. The molecule has 0 aliphatic carbocycles. The average molecular weight is 185 g/mol. The van der Waals surface area contributed by atoms with Crippen LogP contribution in [0.1, 0.15) is 13.3 Å². The molecule has 0 atom stereocenters. The predicted octanol–water partition coefficient (Wildman–Crippen LogP) is -0.881. The van der Waals surface area contributed by atoms with E-state index in [0.717, 1.165) is 13.1 Å². The maximum Gasteiger partial charge on any atom is 0.205 e. The molecule has 13 heavy (non-hydrogen) atoms. The summed E-state index contributed by atoms with van der Waals surface area (Å²) >= 11 is 0. The van der Waals surface area contributed by atoms with Crippen LogP contribution in [0.15, 0.2) is 4.99 Å². The van der Waals surface area contributed by atoms with Gasteiger partial charge in [0.15, 0.2) is 0 Å². The molecular weight excluding hydrogens is 166 g/mol. The van der Waals surface area contributed by atoms with Crippen LogP contribution in [0, 0.1) is 0 Å². The standard InChI is InChI=1S/C8H19N5/c1-3-4-13-5-7(6-13)11-8(10-2)12-9/h7H,3-6,9H2,1-2H3,(H2,10,11,12). The van der Waals surface area contributed by atoms with Crippen molar-refractivity contribution in [3.05, 3.63) is 0 Å². The molecule has 0 spiro atoms. The Bertz CT molecular complexity index is 173. The Kier molecular flexibility index (Phi) is 3.98. The molecule has 1 aliphatic rings. The van der Waals surface area contributed by atoms with Crippen molar-refractivity contribution in [2.75, 3.05) is 26.7 Å². The van der Waals surface area contributed by atoms with Crippen molar-refractivity contribution in [3.63, 3.8) is 0 Å². The molecule has 0 bridgehead atoms. The van der Waals surface area contributed by atoms with Gasteiger partial charge in [0, 0.05) is 20.1 Å². The number of nitrogens with one attached hydrogen (secondary N) is 2. The normalized spacial score (nSPS) is 19.8. The molecule has 1 aliphatic heterocycles. The molecule has 0 saturated carbocycles. The number of aliphatic imine (C=N–C) groups is 1. The molecule has 1 heterocycles. The van der Waals surface area contributed by atoms with Crippen LogP contribution < -0.4 is 16.6 Å². The number of hydrogen-bond donors (Lipinski definition) is 3. The van der Waals surface area contributed by atoms with Crippen LogP contribution in [-0.4, -0.2) is 43.6 Å². The topological polar surface area (TPSA) is 65.7 Å². The Morgan fingerprint density at radius 3 is 2.77 bits per heavy atom. The van der Waals surface area contributed by atoms with Crippen molar-refractivity contribution >= 4 is 5.96 Å². The third-order valence-corrected chi connectivity index (χ3v) is 2.20. The smallest absolute Gasteiger partial charge is 0.205 e. The lowest BCUT2D eigenvalue weighted by atomic mass is 10.1. The van der Waals surface area contributed by atoms with E-state index in [1.165, 1.54) is 13.0 Å². The summed E-state index contributed by atoms with van der Waals surface area (Å²) in [5, 5.41) is 3.21. The lowest BCUT2D eigenvalue weighted by Crippen LogP contribution is -2.61. The highest BCUT2D eigenvalue weighted by Gasteiger charge is 2.25. The fourth-order valence-electron chi connectivity index (χ4n) is 1.52. The summed E-state index contributed by atoms with van der Waals surface area (Å²) in [5.74, 6) is 5.91. The molecule has 0 aromatic rings. The van der Waals surface area contributed by atoms with Gasteiger partial charge in [-0.2, -0.15) is 0 Å². The molecule has 1 rings (SSSR count). The van der Waals surface area contributed by atoms with Crippen LogP contribution in [-0.2, 0) is 0 Å². The zero-order valence-electron chi connectivity index (χ0n) is 8.38. The summed E-state index contributed by atoms with van der Waals surface area (Å²) in [7, 11) is 1.71. The SMILES string of the molecule is CCCN1CC(NC(=NC)NN)C1. The Morgan fingerprint density at radius 2 is 2.31 bits per heavy atom. The maximum atomic E-state index is 5.25. The van der Waals surface area contributed by atoms with Crippen LogP contribution >= 0.6 is 0 Å². The van der Waals surface area contributed by atoms with Crippen molar-refractivity contribution in [1.82, 2.24) is 15.6 Å². The maximum absolute atomic E-state index is 5.25. The second kappa shape index (κ2) is 5.04. The fraction of sp³-hybridized carbons (Fsp3) is 0.875. The van der Waals surface area contributed by atoms with Crippen molar-refractivity contribution in [1.29, 1.82) is 0 Å². The lowest BCUT2D eigenvalue weighted by Gasteiger charge is -2.39. The second-order valence-corrected chi connectivity index (χ2v) is 3.32. The van der Waals surface area contributed by atoms with Crippen molar-refractivity contribution in [2.45, 2.75) is 19.4 Å². The van der Waals surface area contributed by atoms with Gasteiger partial charge >= 0.3 is 0 Å². The zero-order valence-corrected chi connectivity index (χ0v) is 8.38. The number of nitrogens with two attached hydrogens (primary N) is 1. The van der Waals surface area contributed by atoms with E-state index in [9.17, 15) is 0 Å². The second-order valence-electron chi connectivity index (χ2n) is 3.32. The van der Waals surface area contributed by atoms with Crippen molar-refractivity contribution in [2.24, 2.45) is 10.8 Å². The molecule has 0 unspecified atom stereocenters. The number of hydrazine groups is 1. The van der Waals surface area contributed by atoms with Crippen LogP contribution in [0.4, 0.5) is 0 Å². The van der Waals surface area contributed by atoms with E-state index in [-0.39, 0.29) is 0 Å². The van der Waals surface area contributed by atoms with Gasteiger partial charge in [-0.15, -0.1) is 0 Å². The Hall–Kier alpha value is -0.810. The molecule has 0 aromatic heterocycles. The van der Waals surface area contributed by atoms with Crippen LogP contribution in [0.25, 0.3) is 0 Å². The Morgan fingerprint density at radius 1 is 1.62 bits per heavy atom. The fourth-order valence-corrected chi connectivity index (χ4v) is 1.52. The van der Waals surface area contributed by atoms with Gasteiger partial charge in [0.25, 0.3) is 0 Å². The van der Waals surface area contributed by atoms with Gasteiger partial charge in [-0.1, -0.05) is 6.92 Å². The largest absolute Gasteiger partial charge is 0.350 e. The molecular formula is C8H19N5. The zero-order chi connectivity index (χ0) is 9.68. The average Bonchev–Trinajstić information content (AvgIpc) is 2.09. The summed E-state index contributed by atoms with van der Waals surface area (Å²) in [6.07, 6.45) is 1.22. The van der Waals surface area contributed by atoms with Gasteiger partial charge in [-0.3, -0.25) is 15.3 Å². The van der Waals surface area contributed by atoms with Gasteiger partial charge in [0.2, 0.25) is 5.96 Å². The highest BCUT2D eigenvalue weighted by atomic mass is 15.4. The molecule has 76 valence electrons. The van der Waals surface area contributed by atoms with Crippen molar-refractivity contribution in [3.8, 4) is 0 Å². The molecule has 4 N–H and O–H groups in total. The molecule has 1 saturated heterocycles. The van der Waals surface area contributed by atoms with Crippen molar-refractivity contribution < 1.29 is 0 Å². The highest BCUT2D eigenvalue weighted by Crippen LogP contribution is 2.07. The highest BCUT2D eigenvalue weighted by molar-refractivity contribution is 5.79. The number of guanidine groups is 1. The van der Waals surface area contributed by atoms with E-state index in [1.807, 2.05) is 0 Å². The van der Waals surface area contributed by atoms with Gasteiger partial charge in [-0.25, -0.2) is 5.84 Å². The van der Waals surface area contributed by atoms with Gasteiger partial charge in [0.1, 0.15) is 0 Å². The number of likely N-dealkylation sites (tertiary alicyclic amines) is 1. The molecule has 5 nitrogen and oxygen atoms in total. The van der Waals surface area contributed by atoms with Crippen LogP contribution in [0.5, 0.6) is 0 Å². The number of nitrogens with zero attached hydrogens (tertiary/aromatic N) is 2. The predicted molar refractivity (Wildman–Crippen MR) is 54.3 cm³/mol. The summed E-state index contributed by atoms with van der Waals surface area (Å²) in [4.78, 5) is 6.35. The lowest BCUT2D eigenvalue weighted by molar-refractivity contribution is 0.139. The van der Waals surface area contributed by atoms with E-state index in [0.29, 0.717) is 12.0 Å². The molecule has 5 heteroatoms. The first-order chi connectivity index (χ1) is 6.30. The van der Waals surface area contributed by atoms with Crippen LogP contribution in [0.3, 0.4) is 0 Å². The summed E-state index contributed by atoms with van der Waals surface area (Å²) < 4.78 is 0. The minimum absolute atomic E-state index is 0.501. The molecule has 0 aromatic carbocycles. The first-order valence-corrected chi connectivity index (χ1v) is 4.72. The first-order valence-electron chi connectivity index (χ1n) is 4.72. The van der Waals surface area contributed by atoms with E-state index < -0.39 is 0 Å². The summed E-state index contributed by atoms with van der Waals surface area (Å²) in [6, 6.07) is 0.501. The van der Waals surface area contributed by atoms with E-state index in [2.05, 4.69) is 27.6 Å². The Balaban J connectivity index is 2.14. The summed E-state index contributed by atoms with van der Waals surface area (Å²) in [5.41, 5.74) is 2.52. The molecule has 1 fully saturated rings. The number of hydrogen-bond acceptors (Lipinski definition) is 3. The Labute approximate surface area is 79.4 Å². The minimum Gasteiger partial charge on any atom is -0.350 e. The van der Waals surface area contributed by atoms with E-state index >= 15 is 0 Å². The minimum atomic E-state index is 0.501. The quantitative estimate of drug-likeness (QED) is 0.231.